The Labute approximate surface area is 106 Å². The van der Waals surface area contributed by atoms with E-state index in [9.17, 15) is 9.59 Å². The number of aliphatic carboxylic acids is 1. The fourth-order valence-electron chi connectivity index (χ4n) is 1.61. The van der Waals surface area contributed by atoms with Gasteiger partial charge in [0.15, 0.2) is 5.82 Å². The Kier molecular flexibility index (Phi) is 5.35. The molecule has 1 rings (SSSR count). The Hall–Kier alpha value is -1.85. The number of carboxylic acid groups (broad SMARTS) is 1. The van der Waals surface area contributed by atoms with Crippen LogP contribution >= 0.6 is 0 Å². The summed E-state index contributed by atoms with van der Waals surface area (Å²) in [6.07, 6.45) is 4.66. The number of unbranched alkanes of at least 4 members (excludes halogenated alkanes) is 2. The first-order chi connectivity index (χ1) is 8.56. The van der Waals surface area contributed by atoms with Crippen LogP contribution in [0.25, 0.3) is 0 Å². The number of anilines is 1. The maximum atomic E-state index is 12.0. The van der Waals surface area contributed by atoms with Gasteiger partial charge in [0.1, 0.15) is 6.54 Å². The first-order valence-corrected chi connectivity index (χ1v) is 6.08. The molecule has 2 N–H and O–H groups in total. The number of nitrogens with one attached hydrogen (secondary N) is 1. The van der Waals surface area contributed by atoms with Crippen molar-refractivity contribution in [2.45, 2.75) is 39.7 Å². The first kappa shape index (κ1) is 14.2. The Balaban J connectivity index is 2.81. The van der Waals surface area contributed by atoms with Crippen molar-refractivity contribution in [2.24, 2.45) is 0 Å². The minimum Gasteiger partial charge on any atom is -0.480 e. The lowest BCUT2D eigenvalue weighted by atomic mass is 10.2. The topological polar surface area (TPSA) is 84.2 Å². The van der Waals surface area contributed by atoms with Crippen LogP contribution in [0.3, 0.4) is 0 Å². The van der Waals surface area contributed by atoms with Crippen molar-refractivity contribution in [1.82, 2.24) is 9.55 Å². The van der Waals surface area contributed by atoms with Crippen molar-refractivity contribution >= 4 is 11.8 Å². The molecule has 100 valence electrons. The molecule has 0 saturated heterocycles. The highest BCUT2D eigenvalue weighted by Crippen LogP contribution is 2.00. The summed E-state index contributed by atoms with van der Waals surface area (Å²) in [7, 11) is 0. The molecule has 1 aromatic rings. The molecule has 1 heterocycles. The van der Waals surface area contributed by atoms with Crippen LogP contribution in [-0.2, 0) is 11.3 Å². The Morgan fingerprint density at radius 2 is 2.22 bits per heavy atom. The van der Waals surface area contributed by atoms with Gasteiger partial charge in [-0.15, -0.1) is 0 Å². The monoisotopic (exact) mass is 253 g/mol. The average Bonchev–Trinajstić information content (AvgIpc) is 2.32. The summed E-state index contributed by atoms with van der Waals surface area (Å²) in [5.41, 5.74) is 0.162. The van der Waals surface area contributed by atoms with E-state index in [2.05, 4.69) is 17.2 Å². The van der Waals surface area contributed by atoms with Crippen LogP contribution in [0.5, 0.6) is 0 Å². The normalized spacial score (nSPS) is 10.3. The second-order valence-corrected chi connectivity index (χ2v) is 4.17. The van der Waals surface area contributed by atoms with Gasteiger partial charge in [-0.2, -0.15) is 0 Å². The van der Waals surface area contributed by atoms with Crippen LogP contribution in [0.4, 0.5) is 5.82 Å². The molecule has 0 aliphatic carbocycles. The van der Waals surface area contributed by atoms with Crippen molar-refractivity contribution in [2.75, 3.05) is 11.9 Å². The molecule has 18 heavy (non-hydrogen) atoms. The van der Waals surface area contributed by atoms with Gasteiger partial charge in [0.05, 0.1) is 0 Å². The molecule has 0 saturated carbocycles. The number of hydrogen-bond donors (Lipinski definition) is 2. The van der Waals surface area contributed by atoms with E-state index in [0.29, 0.717) is 12.2 Å². The summed E-state index contributed by atoms with van der Waals surface area (Å²) in [6.45, 7) is 4.10. The van der Waals surface area contributed by atoms with Crippen LogP contribution in [0.15, 0.2) is 11.0 Å². The van der Waals surface area contributed by atoms with Gasteiger partial charge in [0, 0.05) is 18.4 Å². The van der Waals surface area contributed by atoms with Gasteiger partial charge in [0.2, 0.25) is 0 Å². The SMILES string of the molecule is CCCCCNc1ncc(C)n(CC(=O)O)c1=O. The summed E-state index contributed by atoms with van der Waals surface area (Å²) in [5, 5.41) is 11.7. The molecule has 6 nitrogen and oxygen atoms in total. The lowest BCUT2D eigenvalue weighted by Crippen LogP contribution is -2.29. The summed E-state index contributed by atoms with van der Waals surface area (Å²) < 4.78 is 1.21. The van der Waals surface area contributed by atoms with Gasteiger partial charge >= 0.3 is 5.97 Å². The molecule has 0 spiro atoms. The van der Waals surface area contributed by atoms with E-state index < -0.39 is 5.97 Å². The minimum absolute atomic E-state index is 0.220. The highest BCUT2D eigenvalue weighted by atomic mass is 16.4. The number of carbonyl (C=O) groups is 1. The van der Waals surface area contributed by atoms with E-state index in [0.717, 1.165) is 19.3 Å². The van der Waals surface area contributed by atoms with Crippen LogP contribution < -0.4 is 10.9 Å². The Morgan fingerprint density at radius 1 is 1.50 bits per heavy atom. The minimum atomic E-state index is -1.04. The smallest absolute Gasteiger partial charge is 0.323 e. The van der Waals surface area contributed by atoms with E-state index >= 15 is 0 Å². The molecule has 0 bridgehead atoms. The number of nitrogens with zero attached hydrogens (tertiary/aromatic N) is 2. The number of rotatable bonds is 7. The number of hydrogen-bond acceptors (Lipinski definition) is 4. The van der Waals surface area contributed by atoms with Crippen LogP contribution in [0, 0.1) is 6.92 Å². The average molecular weight is 253 g/mol. The van der Waals surface area contributed by atoms with Crippen LogP contribution in [0.2, 0.25) is 0 Å². The van der Waals surface area contributed by atoms with E-state index in [4.69, 9.17) is 5.11 Å². The Morgan fingerprint density at radius 3 is 2.83 bits per heavy atom. The summed E-state index contributed by atoms with van der Waals surface area (Å²) in [6, 6.07) is 0. The van der Waals surface area contributed by atoms with Gasteiger partial charge in [-0.25, -0.2) is 4.98 Å². The molecule has 1 aromatic heterocycles. The quantitative estimate of drug-likeness (QED) is 0.714. The molecule has 0 amide bonds. The Bertz CT molecular complexity index is 468. The van der Waals surface area contributed by atoms with E-state index in [1.54, 1.807) is 6.92 Å². The molecule has 0 radical (unpaired) electrons. The molecule has 0 aliphatic heterocycles. The van der Waals surface area contributed by atoms with E-state index in [-0.39, 0.29) is 17.9 Å². The van der Waals surface area contributed by atoms with E-state index in [1.165, 1.54) is 10.8 Å². The predicted molar refractivity (Wildman–Crippen MR) is 68.9 cm³/mol. The number of aryl methyl sites for hydroxylation is 1. The molecule has 0 aliphatic rings. The first-order valence-electron chi connectivity index (χ1n) is 6.08. The highest BCUT2D eigenvalue weighted by molar-refractivity contribution is 5.66. The van der Waals surface area contributed by atoms with Crippen molar-refractivity contribution in [3.8, 4) is 0 Å². The van der Waals surface area contributed by atoms with Gasteiger partial charge < -0.3 is 10.4 Å². The van der Waals surface area contributed by atoms with Gasteiger partial charge in [-0.1, -0.05) is 19.8 Å². The zero-order chi connectivity index (χ0) is 13.5. The maximum Gasteiger partial charge on any atom is 0.323 e. The van der Waals surface area contributed by atoms with E-state index in [1.807, 2.05) is 0 Å². The maximum absolute atomic E-state index is 12.0. The second-order valence-electron chi connectivity index (χ2n) is 4.17. The standard InChI is InChI=1S/C12H19N3O3/c1-3-4-5-6-13-11-12(18)15(8-10(16)17)9(2)7-14-11/h7H,3-6,8H2,1-2H3,(H,13,14)(H,16,17). The molecule has 0 unspecified atom stereocenters. The van der Waals surface area contributed by atoms with Crippen molar-refractivity contribution in [1.29, 1.82) is 0 Å². The third-order valence-electron chi connectivity index (χ3n) is 2.62. The second kappa shape index (κ2) is 6.78. The summed E-state index contributed by atoms with van der Waals surface area (Å²) in [5.74, 6) is -0.818. The van der Waals surface area contributed by atoms with Crippen LogP contribution in [0.1, 0.15) is 31.9 Å². The van der Waals surface area contributed by atoms with Crippen LogP contribution in [-0.4, -0.2) is 27.2 Å². The third-order valence-corrected chi connectivity index (χ3v) is 2.62. The fourth-order valence-corrected chi connectivity index (χ4v) is 1.61. The van der Waals surface area contributed by atoms with Gasteiger partial charge in [-0.3, -0.25) is 14.2 Å². The lowest BCUT2D eigenvalue weighted by Gasteiger charge is -2.10. The fraction of sp³-hybridized carbons (Fsp3) is 0.583. The van der Waals surface area contributed by atoms with Gasteiger partial charge in [0.25, 0.3) is 5.56 Å². The summed E-state index contributed by atoms with van der Waals surface area (Å²) >= 11 is 0. The molecule has 6 heteroatoms. The molecule has 0 fully saturated rings. The van der Waals surface area contributed by atoms with Crippen molar-refractivity contribution in [3.05, 3.63) is 22.2 Å². The van der Waals surface area contributed by atoms with Crippen molar-refractivity contribution in [3.63, 3.8) is 0 Å². The zero-order valence-electron chi connectivity index (χ0n) is 10.8. The highest BCUT2D eigenvalue weighted by Gasteiger charge is 2.09. The van der Waals surface area contributed by atoms with Gasteiger partial charge in [-0.05, 0) is 13.3 Å². The lowest BCUT2D eigenvalue weighted by molar-refractivity contribution is -0.137. The molecule has 0 aromatic carbocycles. The molecular formula is C12H19N3O3. The van der Waals surface area contributed by atoms with Crippen molar-refractivity contribution < 1.29 is 9.90 Å². The zero-order valence-corrected chi connectivity index (χ0v) is 10.8. The predicted octanol–water partition coefficient (Wildman–Crippen LogP) is 1.24. The largest absolute Gasteiger partial charge is 0.480 e. The molecular weight excluding hydrogens is 234 g/mol. The summed E-state index contributed by atoms with van der Waals surface area (Å²) in [4.78, 5) is 26.7. The number of carboxylic acids is 1. The molecule has 0 atom stereocenters. The number of aromatic nitrogens is 2. The third kappa shape index (κ3) is 3.87.